The number of piperidine rings is 1. The Labute approximate surface area is 187 Å². The lowest BCUT2D eigenvalue weighted by atomic mass is 9.86. The zero-order valence-electron chi connectivity index (χ0n) is 19.3. The van der Waals surface area contributed by atoms with E-state index in [0.717, 1.165) is 31.9 Å². The summed E-state index contributed by atoms with van der Waals surface area (Å²) in [4.78, 5) is 16.3. The number of benzene rings is 2. The van der Waals surface area contributed by atoms with Crippen molar-refractivity contribution >= 4 is 17.7 Å². The predicted octanol–water partition coefficient (Wildman–Crippen LogP) is 3.91. The summed E-state index contributed by atoms with van der Waals surface area (Å²) in [6, 6.07) is 17.2. The molecule has 1 fully saturated rings. The highest BCUT2D eigenvalue weighted by molar-refractivity contribution is 5.75. The van der Waals surface area contributed by atoms with Crippen LogP contribution in [0.1, 0.15) is 37.8 Å². The third-order valence-electron chi connectivity index (χ3n) is 6.79. The van der Waals surface area contributed by atoms with E-state index >= 15 is 0 Å². The van der Waals surface area contributed by atoms with E-state index in [4.69, 9.17) is 5.11 Å². The molecule has 2 N–H and O–H groups in total. The molecule has 168 valence electrons. The quantitative estimate of drug-likeness (QED) is 0.690. The fourth-order valence-corrected chi connectivity index (χ4v) is 4.69. The fourth-order valence-electron chi connectivity index (χ4n) is 4.69. The number of aliphatic hydroxyl groups is 1. The number of anilines is 2. The zero-order valence-corrected chi connectivity index (χ0v) is 19.3. The largest absolute Gasteiger partial charge is 0.400 e. The molecule has 0 spiro atoms. The van der Waals surface area contributed by atoms with E-state index in [1.165, 1.54) is 42.9 Å². The first-order valence-corrected chi connectivity index (χ1v) is 11.3. The lowest BCUT2D eigenvalue weighted by Gasteiger charge is -2.37. The van der Waals surface area contributed by atoms with Gasteiger partial charge in [0.25, 0.3) is 0 Å². The number of aldehydes is 1. The molecule has 31 heavy (non-hydrogen) atoms. The van der Waals surface area contributed by atoms with Gasteiger partial charge < -0.3 is 25.0 Å². The van der Waals surface area contributed by atoms with Crippen molar-refractivity contribution in [3.63, 3.8) is 0 Å². The van der Waals surface area contributed by atoms with Crippen LogP contribution in [0, 0.1) is 5.92 Å². The van der Waals surface area contributed by atoms with Crippen LogP contribution in [0.5, 0.6) is 0 Å². The zero-order chi connectivity index (χ0) is 22.4. The number of hydrogen-bond donors (Lipinski definition) is 2. The molecule has 0 aliphatic carbocycles. The topological polar surface area (TPSA) is 55.8 Å². The second-order valence-corrected chi connectivity index (χ2v) is 9.18. The van der Waals surface area contributed by atoms with Gasteiger partial charge in [0.05, 0.1) is 11.4 Å². The number of hydrogen-bond acceptors (Lipinski definition) is 5. The number of para-hydroxylation sites is 2. The van der Waals surface area contributed by atoms with Crippen LogP contribution in [0.3, 0.4) is 0 Å². The number of fused-ring (bicyclic) bond motifs is 1. The number of aliphatic hydroxyl groups excluding tert-OH is 1. The maximum absolute atomic E-state index is 11.2. The van der Waals surface area contributed by atoms with Crippen LogP contribution in [-0.2, 0) is 16.6 Å². The molecule has 2 aliphatic rings. The molecule has 5 nitrogen and oxygen atoms in total. The van der Waals surface area contributed by atoms with Gasteiger partial charge in [0.2, 0.25) is 0 Å². The van der Waals surface area contributed by atoms with Crippen LogP contribution in [-0.4, -0.2) is 56.3 Å². The first-order chi connectivity index (χ1) is 15.0. The van der Waals surface area contributed by atoms with Crippen LogP contribution < -0.4 is 10.2 Å². The minimum atomic E-state index is -0.401. The molecule has 4 rings (SSSR count). The molecule has 0 radical (unpaired) electrons. The second kappa shape index (κ2) is 10.3. The molecule has 1 unspecified atom stereocenters. The Morgan fingerprint density at radius 2 is 1.71 bits per heavy atom. The van der Waals surface area contributed by atoms with Crippen molar-refractivity contribution in [1.82, 2.24) is 4.90 Å². The molecule has 1 atom stereocenters. The summed E-state index contributed by atoms with van der Waals surface area (Å²) in [7, 11) is 3.21. The first kappa shape index (κ1) is 23.3. The average molecular weight is 424 g/mol. The Kier molecular flexibility index (Phi) is 7.74. The highest BCUT2D eigenvalue weighted by atomic mass is 16.2. The van der Waals surface area contributed by atoms with E-state index in [1.807, 2.05) is 13.8 Å². The number of nitrogens with zero attached hydrogens (tertiary/aromatic N) is 2. The minimum absolute atomic E-state index is 0.401. The van der Waals surface area contributed by atoms with Crippen molar-refractivity contribution in [2.24, 2.45) is 5.92 Å². The average Bonchev–Trinajstić information content (AvgIpc) is 3.16. The summed E-state index contributed by atoms with van der Waals surface area (Å²) < 4.78 is 0. The number of nitrogens with one attached hydrogen (secondary N) is 1. The van der Waals surface area contributed by atoms with Gasteiger partial charge in [0, 0.05) is 32.0 Å². The van der Waals surface area contributed by atoms with Gasteiger partial charge in [-0.15, -0.1) is 0 Å². The van der Waals surface area contributed by atoms with E-state index in [9.17, 15) is 4.79 Å². The van der Waals surface area contributed by atoms with Gasteiger partial charge in [-0.1, -0.05) is 36.4 Å². The van der Waals surface area contributed by atoms with Crippen molar-refractivity contribution in [1.29, 1.82) is 0 Å². The molecule has 0 bridgehead atoms. The highest BCUT2D eigenvalue weighted by Crippen LogP contribution is 2.37. The van der Waals surface area contributed by atoms with Crippen LogP contribution in [0.2, 0.25) is 0 Å². The van der Waals surface area contributed by atoms with Crippen LogP contribution >= 0.6 is 0 Å². The van der Waals surface area contributed by atoms with Gasteiger partial charge in [-0.05, 0) is 69.5 Å². The fraction of sp³-hybridized carbons (Fsp3) is 0.500. The standard InChI is InChI=1S/C25H33N3O.CH4O/c1-25(2,18-29)21-10-8-19(9-11-21)12-15-28-16-13-20(14-17-28)24-26-22-6-4-5-7-23(22)27(24)3;1-2/h4-11,18,20,24,26H,12-17H2,1-3H3;2H,1H3. The van der Waals surface area contributed by atoms with Gasteiger partial charge in [0.1, 0.15) is 12.5 Å². The minimum Gasteiger partial charge on any atom is -0.400 e. The van der Waals surface area contributed by atoms with E-state index in [0.29, 0.717) is 12.1 Å². The van der Waals surface area contributed by atoms with Gasteiger partial charge in [-0.2, -0.15) is 0 Å². The number of rotatable bonds is 6. The smallest absolute Gasteiger partial charge is 0.129 e. The molecule has 0 aromatic heterocycles. The van der Waals surface area contributed by atoms with E-state index in [2.05, 4.69) is 70.7 Å². The van der Waals surface area contributed by atoms with Gasteiger partial charge in [-0.3, -0.25) is 0 Å². The number of carbonyl (C=O) groups excluding carboxylic acids is 1. The Morgan fingerprint density at radius 3 is 2.32 bits per heavy atom. The van der Waals surface area contributed by atoms with Gasteiger partial charge >= 0.3 is 0 Å². The third kappa shape index (κ3) is 5.28. The van der Waals surface area contributed by atoms with E-state index in [1.54, 1.807) is 0 Å². The van der Waals surface area contributed by atoms with Gasteiger partial charge in [-0.25, -0.2) is 0 Å². The number of likely N-dealkylation sites (tertiary alicyclic amines) is 1. The Balaban J connectivity index is 0.00000132. The summed E-state index contributed by atoms with van der Waals surface area (Å²) in [5.41, 5.74) is 4.63. The Hall–Kier alpha value is -2.37. The molecule has 0 saturated carbocycles. The van der Waals surface area contributed by atoms with Crippen molar-refractivity contribution < 1.29 is 9.90 Å². The van der Waals surface area contributed by atoms with Gasteiger partial charge in [0.15, 0.2) is 0 Å². The third-order valence-corrected chi connectivity index (χ3v) is 6.79. The molecule has 1 saturated heterocycles. The molecule has 2 aromatic carbocycles. The molecular weight excluding hydrogens is 386 g/mol. The maximum atomic E-state index is 11.2. The predicted molar refractivity (Wildman–Crippen MR) is 129 cm³/mol. The van der Waals surface area contributed by atoms with Crippen molar-refractivity contribution in [3.05, 3.63) is 59.7 Å². The lowest BCUT2D eigenvalue weighted by Crippen LogP contribution is -2.45. The Morgan fingerprint density at radius 1 is 1.06 bits per heavy atom. The molecule has 2 heterocycles. The lowest BCUT2D eigenvalue weighted by molar-refractivity contribution is -0.111. The molecule has 5 heteroatoms. The summed E-state index contributed by atoms with van der Waals surface area (Å²) >= 11 is 0. The monoisotopic (exact) mass is 423 g/mol. The van der Waals surface area contributed by atoms with Crippen LogP contribution in [0.4, 0.5) is 11.4 Å². The summed E-state index contributed by atoms with van der Waals surface area (Å²) in [5, 5.41) is 10.7. The van der Waals surface area contributed by atoms with Crippen LogP contribution in [0.25, 0.3) is 0 Å². The highest BCUT2D eigenvalue weighted by Gasteiger charge is 2.34. The second-order valence-electron chi connectivity index (χ2n) is 9.18. The molecule has 0 amide bonds. The number of carbonyl (C=O) groups is 1. The van der Waals surface area contributed by atoms with Crippen molar-refractivity contribution in [3.8, 4) is 0 Å². The summed E-state index contributed by atoms with van der Waals surface area (Å²) in [5.74, 6) is 0.688. The molecular formula is C26H37N3O2. The van der Waals surface area contributed by atoms with Crippen molar-refractivity contribution in [2.45, 2.75) is 44.7 Å². The summed E-state index contributed by atoms with van der Waals surface area (Å²) in [6.07, 6.45) is 4.99. The van der Waals surface area contributed by atoms with E-state index < -0.39 is 5.41 Å². The normalized spacial score (nSPS) is 19.3. The summed E-state index contributed by atoms with van der Waals surface area (Å²) in [6.45, 7) is 7.38. The molecule has 2 aromatic rings. The van der Waals surface area contributed by atoms with E-state index in [-0.39, 0.29) is 0 Å². The van der Waals surface area contributed by atoms with Crippen molar-refractivity contribution in [2.75, 3.05) is 44.0 Å². The van der Waals surface area contributed by atoms with Crippen LogP contribution in [0.15, 0.2) is 48.5 Å². The maximum Gasteiger partial charge on any atom is 0.129 e. The Bertz CT molecular complexity index is 842. The SMILES string of the molecule is CN1c2ccccc2NC1C1CCN(CCc2ccc(C(C)(C)C=O)cc2)CC1.CO. The first-order valence-electron chi connectivity index (χ1n) is 11.3. The molecule has 2 aliphatic heterocycles.